The number of piperidine rings is 1. The Labute approximate surface area is 224 Å². The molecule has 38 heavy (non-hydrogen) atoms. The minimum Gasteiger partial charge on any atom is -0.497 e. The van der Waals surface area contributed by atoms with Crippen molar-refractivity contribution in [2.75, 3.05) is 43.6 Å². The van der Waals surface area contributed by atoms with Crippen LogP contribution in [0.5, 0.6) is 5.75 Å². The molecule has 3 aliphatic rings. The third kappa shape index (κ3) is 5.49. The number of carbonyl (C=O) groups excluding carboxylic acids is 3. The van der Waals surface area contributed by atoms with Crippen LogP contribution in [0, 0.1) is 5.92 Å². The summed E-state index contributed by atoms with van der Waals surface area (Å²) in [4.78, 5) is 45.5. The highest BCUT2D eigenvalue weighted by Gasteiger charge is 2.54. The number of hydrogen-bond donors (Lipinski definition) is 1. The van der Waals surface area contributed by atoms with E-state index in [-0.39, 0.29) is 24.3 Å². The summed E-state index contributed by atoms with van der Waals surface area (Å²) in [6, 6.07) is 17.1. The third-order valence-electron chi connectivity index (χ3n) is 8.45. The van der Waals surface area contributed by atoms with Gasteiger partial charge in [0.25, 0.3) is 5.91 Å². The predicted octanol–water partition coefficient (Wildman–Crippen LogP) is 4.27. The number of anilines is 2. The van der Waals surface area contributed by atoms with Crippen LogP contribution < -0.4 is 15.0 Å². The van der Waals surface area contributed by atoms with Gasteiger partial charge in [0.05, 0.1) is 13.8 Å². The number of likely N-dealkylation sites (tertiary alicyclic amines) is 1. The molecule has 0 aromatic heterocycles. The molecule has 1 N–H and O–H groups in total. The lowest BCUT2D eigenvalue weighted by atomic mass is 9.85. The number of hydrogen-bond acceptors (Lipinski definition) is 5. The molecule has 2 aromatic rings. The van der Waals surface area contributed by atoms with Gasteiger partial charge < -0.3 is 24.8 Å². The highest BCUT2D eigenvalue weighted by molar-refractivity contribution is 5.99. The molecule has 1 spiro atoms. The molecule has 2 heterocycles. The van der Waals surface area contributed by atoms with Crippen molar-refractivity contribution in [1.82, 2.24) is 9.80 Å². The summed E-state index contributed by atoms with van der Waals surface area (Å²) in [5.41, 5.74) is 0.831. The van der Waals surface area contributed by atoms with Crippen LogP contribution in [0.2, 0.25) is 0 Å². The largest absolute Gasteiger partial charge is 0.497 e. The van der Waals surface area contributed by atoms with Crippen molar-refractivity contribution in [1.29, 1.82) is 0 Å². The van der Waals surface area contributed by atoms with Crippen molar-refractivity contribution in [3.05, 3.63) is 54.6 Å². The van der Waals surface area contributed by atoms with Gasteiger partial charge in [-0.05, 0) is 49.4 Å². The fourth-order valence-electron chi connectivity index (χ4n) is 6.31. The number of nitrogens with one attached hydrogen (secondary N) is 1. The van der Waals surface area contributed by atoms with E-state index in [1.807, 2.05) is 47.4 Å². The van der Waals surface area contributed by atoms with Gasteiger partial charge in [0.1, 0.15) is 17.8 Å². The van der Waals surface area contributed by atoms with E-state index < -0.39 is 5.54 Å². The van der Waals surface area contributed by atoms with Crippen molar-refractivity contribution < 1.29 is 19.1 Å². The summed E-state index contributed by atoms with van der Waals surface area (Å²) < 4.78 is 5.24. The lowest BCUT2D eigenvalue weighted by molar-refractivity contribution is -0.139. The number of benzene rings is 2. The smallest absolute Gasteiger partial charge is 0.250 e. The maximum atomic E-state index is 13.9. The van der Waals surface area contributed by atoms with E-state index in [4.69, 9.17) is 4.74 Å². The molecule has 1 saturated carbocycles. The van der Waals surface area contributed by atoms with Gasteiger partial charge in [-0.2, -0.15) is 0 Å². The molecule has 3 amide bonds. The van der Waals surface area contributed by atoms with E-state index in [0.717, 1.165) is 12.1 Å². The average Bonchev–Trinajstić information content (AvgIpc) is 3.56. The number of rotatable bonds is 8. The van der Waals surface area contributed by atoms with E-state index in [1.54, 1.807) is 24.1 Å². The third-order valence-corrected chi connectivity index (χ3v) is 8.45. The standard InChI is InChI=1S/C30H38N4O4/c1-38-26-13-7-10-24(20-26)31-27(35)21-33-22-34(25-11-3-2-4-12-25)30(29(33)37)16-18-32(19-17-30)28(36)15-14-23-8-5-6-9-23/h2-4,7,10-13,20,23H,5-6,8-9,14-19,21-22H2,1H3,(H,31,35). The maximum Gasteiger partial charge on any atom is 0.250 e. The molecule has 3 fully saturated rings. The second-order valence-corrected chi connectivity index (χ2v) is 10.8. The van der Waals surface area contributed by atoms with Crippen molar-refractivity contribution in [3.8, 4) is 5.75 Å². The summed E-state index contributed by atoms with van der Waals surface area (Å²) in [5.74, 6) is 1.25. The van der Waals surface area contributed by atoms with Crippen LogP contribution in [-0.2, 0) is 14.4 Å². The predicted molar refractivity (Wildman–Crippen MR) is 147 cm³/mol. The van der Waals surface area contributed by atoms with Gasteiger partial charge in [-0.1, -0.05) is 49.9 Å². The Morgan fingerprint density at radius 3 is 2.47 bits per heavy atom. The molecular formula is C30H38N4O4. The van der Waals surface area contributed by atoms with Crippen molar-refractivity contribution in [3.63, 3.8) is 0 Å². The minimum absolute atomic E-state index is 0.0365. The van der Waals surface area contributed by atoms with Crippen LogP contribution in [0.1, 0.15) is 51.4 Å². The molecule has 1 aliphatic carbocycles. The lowest BCUT2D eigenvalue weighted by Crippen LogP contribution is -2.57. The zero-order chi connectivity index (χ0) is 26.5. The van der Waals surface area contributed by atoms with Gasteiger partial charge in [0.2, 0.25) is 11.8 Å². The highest BCUT2D eigenvalue weighted by atomic mass is 16.5. The van der Waals surface area contributed by atoms with Crippen LogP contribution in [0.3, 0.4) is 0 Å². The topological polar surface area (TPSA) is 82.2 Å². The van der Waals surface area contributed by atoms with E-state index in [9.17, 15) is 14.4 Å². The first-order valence-corrected chi connectivity index (χ1v) is 13.8. The summed E-state index contributed by atoms with van der Waals surface area (Å²) >= 11 is 0. The Morgan fingerprint density at radius 1 is 1.03 bits per heavy atom. The Balaban J connectivity index is 1.26. The molecule has 2 saturated heterocycles. The Kier molecular flexibility index (Phi) is 7.86. The van der Waals surface area contributed by atoms with E-state index >= 15 is 0 Å². The van der Waals surface area contributed by atoms with Crippen LogP contribution in [0.4, 0.5) is 11.4 Å². The number of para-hydroxylation sites is 1. The van der Waals surface area contributed by atoms with Gasteiger partial charge in [-0.15, -0.1) is 0 Å². The van der Waals surface area contributed by atoms with Gasteiger partial charge in [0, 0.05) is 37.0 Å². The average molecular weight is 519 g/mol. The first-order chi connectivity index (χ1) is 18.5. The van der Waals surface area contributed by atoms with Gasteiger partial charge >= 0.3 is 0 Å². The van der Waals surface area contributed by atoms with Crippen LogP contribution in [0.25, 0.3) is 0 Å². The van der Waals surface area contributed by atoms with E-state index in [2.05, 4.69) is 10.2 Å². The van der Waals surface area contributed by atoms with Crippen LogP contribution in [0.15, 0.2) is 54.6 Å². The summed E-state index contributed by atoms with van der Waals surface area (Å²) in [6.07, 6.45) is 7.77. The zero-order valence-corrected chi connectivity index (χ0v) is 22.2. The normalized spacial score (nSPS) is 19.3. The molecular weight excluding hydrogens is 480 g/mol. The van der Waals surface area contributed by atoms with E-state index in [0.29, 0.717) is 56.4 Å². The minimum atomic E-state index is -0.750. The molecule has 5 rings (SSSR count). The molecule has 0 bridgehead atoms. The lowest BCUT2D eigenvalue weighted by Gasteiger charge is -2.43. The van der Waals surface area contributed by atoms with Gasteiger partial charge in [-0.25, -0.2) is 0 Å². The molecule has 8 nitrogen and oxygen atoms in total. The molecule has 202 valence electrons. The van der Waals surface area contributed by atoms with Crippen molar-refractivity contribution in [2.24, 2.45) is 5.92 Å². The number of methoxy groups -OCH3 is 1. The molecule has 0 atom stereocenters. The zero-order valence-electron chi connectivity index (χ0n) is 22.2. The summed E-state index contributed by atoms with van der Waals surface area (Å²) in [7, 11) is 1.58. The quantitative estimate of drug-likeness (QED) is 0.564. The summed E-state index contributed by atoms with van der Waals surface area (Å²) in [6.45, 7) is 1.42. The monoisotopic (exact) mass is 518 g/mol. The number of nitrogens with zero attached hydrogens (tertiary/aromatic N) is 3. The molecule has 2 aliphatic heterocycles. The van der Waals surface area contributed by atoms with Gasteiger partial charge in [-0.3, -0.25) is 14.4 Å². The fraction of sp³-hybridized carbons (Fsp3) is 0.500. The number of amides is 3. The molecule has 0 radical (unpaired) electrons. The Hall–Kier alpha value is -3.55. The molecule has 0 unspecified atom stereocenters. The second kappa shape index (κ2) is 11.5. The maximum absolute atomic E-state index is 13.9. The van der Waals surface area contributed by atoms with Gasteiger partial charge in [0.15, 0.2) is 0 Å². The van der Waals surface area contributed by atoms with Crippen LogP contribution in [-0.4, -0.2) is 66.5 Å². The van der Waals surface area contributed by atoms with E-state index in [1.165, 1.54) is 25.7 Å². The Bertz CT molecular complexity index is 1140. The fourth-order valence-corrected chi connectivity index (χ4v) is 6.31. The first kappa shape index (κ1) is 26.1. The van der Waals surface area contributed by atoms with Crippen molar-refractivity contribution >= 4 is 29.1 Å². The second-order valence-electron chi connectivity index (χ2n) is 10.8. The Morgan fingerprint density at radius 2 is 1.76 bits per heavy atom. The SMILES string of the molecule is COc1cccc(NC(=O)CN2CN(c3ccccc3)C3(CCN(C(=O)CCC4CCCC4)CC3)C2=O)c1. The number of ether oxygens (including phenoxy) is 1. The van der Waals surface area contributed by atoms with Crippen LogP contribution >= 0.6 is 0 Å². The molecule has 2 aromatic carbocycles. The first-order valence-electron chi connectivity index (χ1n) is 13.8. The van der Waals surface area contributed by atoms with Crippen molar-refractivity contribution in [2.45, 2.75) is 56.9 Å². The number of carbonyl (C=O) groups is 3. The molecule has 8 heteroatoms. The highest BCUT2D eigenvalue weighted by Crippen LogP contribution is 2.40. The summed E-state index contributed by atoms with van der Waals surface area (Å²) in [5, 5.41) is 2.88.